The van der Waals surface area contributed by atoms with Crippen LogP contribution in [0.15, 0.2) is 12.1 Å². The molecule has 3 rings (SSSR count). The van der Waals surface area contributed by atoms with Gasteiger partial charge in [0.2, 0.25) is 0 Å². The Kier molecular flexibility index (Phi) is 3.41. The van der Waals surface area contributed by atoms with Crippen molar-refractivity contribution in [1.29, 1.82) is 0 Å². The Morgan fingerprint density at radius 2 is 2.26 bits per heavy atom. The van der Waals surface area contributed by atoms with Crippen molar-refractivity contribution in [3.05, 3.63) is 23.4 Å². The van der Waals surface area contributed by atoms with Gasteiger partial charge in [-0.2, -0.15) is 0 Å². The van der Waals surface area contributed by atoms with E-state index in [2.05, 4.69) is 15.2 Å². The first-order valence-corrected chi connectivity index (χ1v) is 7.34. The molecule has 1 aromatic heterocycles. The van der Waals surface area contributed by atoms with E-state index in [0.29, 0.717) is 17.1 Å². The van der Waals surface area contributed by atoms with Gasteiger partial charge in [0.15, 0.2) is 0 Å². The highest BCUT2D eigenvalue weighted by Crippen LogP contribution is 2.30. The van der Waals surface area contributed by atoms with E-state index in [-0.39, 0.29) is 0 Å². The number of nitrogens with two attached hydrogens (primary N) is 1. The van der Waals surface area contributed by atoms with Crippen LogP contribution in [0.4, 0.5) is 5.82 Å². The number of rotatable bonds is 3. The van der Waals surface area contributed by atoms with Crippen molar-refractivity contribution in [1.82, 2.24) is 9.88 Å². The summed E-state index contributed by atoms with van der Waals surface area (Å²) in [5.74, 6) is 0.853. The molecule has 4 nitrogen and oxygen atoms in total. The van der Waals surface area contributed by atoms with Crippen molar-refractivity contribution < 1.29 is 0 Å². The predicted molar refractivity (Wildman–Crippen MR) is 81.5 cm³/mol. The maximum Gasteiger partial charge on any atom is 0.136 e. The fraction of sp³-hybridized carbons (Fsp3) is 0.571. The molecule has 1 aromatic rings. The van der Waals surface area contributed by atoms with Gasteiger partial charge in [0.05, 0.1) is 5.56 Å². The van der Waals surface area contributed by atoms with Crippen LogP contribution in [0.5, 0.6) is 0 Å². The molecule has 2 unspecified atom stereocenters. The average molecular weight is 276 g/mol. The highest BCUT2D eigenvalue weighted by Gasteiger charge is 2.37. The molecule has 0 amide bonds. The van der Waals surface area contributed by atoms with Gasteiger partial charge < -0.3 is 11.1 Å². The van der Waals surface area contributed by atoms with Crippen molar-refractivity contribution in [2.24, 2.45) is 5.73 Å². The molecule has 2 saturated heterocycles. The Morgan fingerprint density at radius 1 is 1.42 bits per heavy atom. The molecule has 0 radical (unpaired) electrons. The van der Waals surface area contributed by atoms with Crippen LogP contribution in [-0.4, -0.2) is 40.0 Å². The third-order valence-corrected chi connectivity index (χ3v) is 4.45. The minimum Gasteiger partial charge on any atom is -0.389 e. The maximum absolute atomic E-state index is 5.79. The number of aryl methyl sites for hydroxylation is 1. The zero-order chi connectivity index (χ0) is 13.4. The lowest BCUT2D eigenvalue weighted by Crippen LogP contribution is -2.34. The number of thiocarbonyl (C=S) groups is 1. The smallest absolute Gasteiger partial charge is 0.136 e. The fourth-order valence-corrected chi connectivity index (χ4v) is 3.46. The molecular formula is C14H20N4S. The lowest BCUT2D eigenvalue weighted by atomic mass is 10.1. The number of nitrogens with zero attached hydrogens (tertiary/aromatic N) is 2. The summed E-state index contributed by atoms with van der Waals surface area (Å²) in [6, 6.07) is 5.05. The molecule has 0 spiro atoms. The molecule has 5 heteroatoms. The van der Waals surface area contributed by atoms with Gasteiger partial charge in [-0.25, -0.2) is 4.98 Å². The molecule has 3 heterocycles. The standard InChI is InChI=1S/C14H20N4S/c1-9-4-5-10(13(15)19)14(16-9)17-11-6-8-18-7-2-3-12(11)18/h4-5,11-12H,2-3,6-8H2,1H3,(H2,15,19)(H,16,17). The fourth-order valence-electron chi connectivity index (χ4n) is 3.29. The molecule has 2 aliphatic rings. The number of fused-ring (bicyclic) bond motifs is 1. The third-order valence-electron chi connectivity index (χ3n) is 4.23. The summed E-state index contributed by atoms with van der Waals surface area (Å²) in [6.07, 6.45) is 3.77. The van der Waals surface area contributed by atoms with Gasteiger partial charge in [0.1, 0.15) is 10.8 Å². The van der Waals surface area contributed by atoms with Gasteiger partial charge >= 0.3 is 0 Å². The third kappa shape index (κ3) is 2.44. The van der Waals surface area contributed by atoms with E-state index < -0.39 is 0 Å². The summed E-state index contributed by atoms with van der Waals surface area (Å²) in [5.41, 5.74) is 7.63. The SMILES string of the molecule is Cc1ccc(C(N)=S)c(NC2CCN3CCCC23)n1. The Labute approximate surface area is 119 Å². The van der Waals surface area contributed by atoms with E-state index >= 15 is 0 Å². The molecule has 19 heavy (non-hydrogen) atoms. The van der Waals surface area contributed by atoms with Crippen LogP contribution in [0, 0.1) is 6.92 Å². The minimum atomic E-state index is 0.413. The van der Waals surface area contributed by atoms with Crippen LogP contribution in [0.2, 0.25) is 0 Å². The van der Waals surface area contributed by atoms with Gasteiger partial charge in [0, 0.05) is 24.3 Å². The Balaban J connectivity index is 1.83. The van der Waals surface area contributed by atoms with Crippen molar-refractivity contribution in [3.63, 3.8) is 0 Å². The molecule has 0 aliphatic carbocycles. The monoisotopic (exact) mass is 276 g/mol. The second-order valence-electron chi connectivity index (χ2n) is 5.50. The first-order valence-electron chi connectivity index (χ1n) is 6.93. The highest BCUT2D eigenvalue weighted by atomic mass is 32.1. The summed E-state index contributed by atoms with van der Waals surface area (Å²) >= 11 is 5.11. The molecule has 2 atom stereocenters. The largest absolute Gasteiger partial charge is 0.389 e. The molecule has 0 saturated carbocycles. The van der Waals surface area contributed by atoms with E-state index in [1.807, 2.05) is 19.1 Å². The maximum atomic E-state index is 5.79. The quantitative estimate of drug-likeness (QED) is 0.823. The Bertz CT molecular complexity index is 502. The van der Waals surface area contributed by atoms with Crippen molar-refractivity contribution in [3.8, 4) is 0 Å². The summed E-state index contributed by atoms with van der Waals surface area (Å²) in [4.78, 5) is 7.57. The zero-order valence-corrected chi connectivity index (χ0v) is 12.0. The van der Waals surface area contributed by atoms with Crippen LogP contribution >= 0.6 is 12.2 Å². The summed E-state index contributed by atoms with van der Waals surface area (Å²) in [6.45, 7) is 4.42. The molecule has 3 N–H and O–H groups in total. The second-order valence-corrected chi connectivity index (χ2v) is 5.94. The normalized spacial score (nSPS) is 26.4. The van der Waals surface area contributed by atoms with Gasteiger partial charge in [-0.15, -0.1) is 0 Å². The molecule has 0 bridgehead atoms. The first kappa shape index (κ1) is 12.8. The van der Waals surface area contributed by atoms with Crippen molar-refractivity contribution in [2.45, 2.75) is 38.3 Å². The van der Waals surface area contributed by atoms with E-state index in [9.17, 15) is 0 Å². The van der Waals surface area contributed by atoms with Gasteiger partial charge in [-0.1, -0.05) is 12.2 Å². The van der Waals surface area contributed by atoms with Crippen LogP contribution < -0.4 is 11.1 Å². The van der Waals surface area contributed by atoms with Crippen LogP contribution in [-0.2, 0) is 0 Å². The van der Waals surface area contributed by atoms with Gasteiger partial charge in [-0.05, 0) is 44.9 Å². The molecule has 2 fully saturated rings. The molecular weight excluding hydrogens is 256 g/mol. The van der Waals surface area contributed by atoms with E-state index in [1.165, 1.54) is 32.4 Å². The minimum absolute atomic E-state index is 0.413. The number of nitrogens with one attached hydrogen (secondary N) is 1. The van der Waals surface area contributed by atoms with Crippen molar-refractivity contribution >= 4 is 23.0 Å². The predicted octanol–water partition coefficient (Wildman–Crippen LogP) is 1.67. The van der Waals surface area contributed by atoms with Crippen LogP contribution in [0.1, 0.15) is 30.5 Å². The Morgan fingerprint density at radius 3 is 3.05 bits per heavy atom. The number of pyridine rings is 1. The van der Waals surface area contributed by atoms with Gasteiger partial charge in [-0.3, -0.25) is 4.90 Å². The second kappa shape index (κ2) is 5.06. The Hall–Kier alpha value is -1.20. The lowest BCUT2D eigenvalue weighted by Gasteiger charge is -2.23. The van der Waals surface area contributed by atoms with Gasteiger partial charge in [0.25, 0.3) is 0 Å². The van der Waals surface area contributed by atoms with E-state index in [1.54, 1.807) is 0 Å². The number of aromatic nitrogens is 1. The summed E-state index contributed by atoms with van der Waals surface area (Å²) in [5, 5.41) is 3.58. The van der Waals surface area contributed by atoms with Crippen LogP contribution in [0.25, 0.3) is 0 Å². The summed E-state index contributed by atoms with van der Waals surface area (Å²) in [7, 11) is 0. The highest BCUT2D eigenvalue weighted by molar-refractivity contribution is 7.80. The number of hydrogen-bond acceptors (Lipinski definition) is 4. The van der Waals surface area contributed by atoms with Crippen molar-refractivity contribution in [2.75, 3.05) is 18.4 Å². The number of anilines is 1. The summed E-state index contributed by atoms with van der Waals surface area (Å²) < 4.78 is 0. The first-order chi connectivity index (χ1) is 9.15. The molecule has 2 aliphatic heterocycles. The lowest BCUT2D eigenvalue weighted by molar-refractivity contribution is 0.318. The molecule has 0 aromatic carbocycles. The van der Waals surface area contributed by atoms with Crippen LogP contribution in [0.3, 0.4) is 0 Å². The molecule has 102 valence electrons. The van der Waals surface area contributed by atoms with E-state index in [4.69, 9.17) is 18.0 Å². The zero-order valence-electron chi connectivity index (χ0n) is 11.2. The average Bonchev–Trinajstić information content (AvgIpc) is 2.94. The van der Waals surface area contributed by atoms with E-state index in [0.717, 1.165) is 17.1 Å². The topological polar surface area (TPSA) is 54.2 Å². The number of hydrogen-bond donors (Lipinski definition) is 2.